The van der Waals surface area contributed by atoms with Gasteiger partial charge in [0.1, 0.15) is 29.5 Å². The highest BCUT2D eigenvalue weighted by atomic mass is 32.2. The minimum absolute atomic E-state index is 0.0753. The number of rotatable bonds is 9. The third-order valence-electron chi connectivity index (χ3n) is 5.61. The van der Waals surface area contributed by atoms with E-state index in [9.17, 15) is 22.7 Å². The van der Waals surface area contributed by atoms with Crippen LogP contribution >= 0.6 is 0 Å². The van der Waals surface area contributed by atoms with Gasteiger partial charge in [0, 0.05) is 17.8 Å². The molecule has 0 spiro atoms. The molecule has 11 heteroatoms. The first kappa shape index (κ1) is 28.7. The second-order valence-electron chi connectivity index (χ2n) is 9.75. The normalized spacial score (nSPS) is 11.7. The van der Waals surface area contributed by atoms with Gasteiger partial charge in [-0.05, 0) is 75.2 Å². The lowest BCUT2D eigenvalue weighted by Gasteiger charge is -2.18. The molecule has 0 atom stereocenters. The Balaban J connectivity index is 1.76. The van der Waals surface area contributed by atoms with Crippen molar-refractivity contribution in [1.29, 1.82) is 0 Å². The summed E-state index contributed by atoms with van der Waals surface area (Å²) in [5.41, 5.74) is 0.756. The Kier molecular flexibility index (Phi) is 8.17. The number of benzene rings is 2. The van der Waals surface area contributed by atoms with Crippen LogP contribution in [0.15, 0.2) is 78.0 Å². The van der Waals surface area contributed by atoms with Crippen LogP contribution in [-0.4, -0.2) is 41.6 Å². The molecule has 1 amide bonds. The van der Waals surface area contributed by atoms with Gasteiger partial charge in [0.15, 0.2) is 5.03 Å². The van der Waals surface area contributed by atoms with Gasteiger partial charge in [-0.15, -0.1) is 0 Å². The predicted molar refractivity (Wildman–Crippen MR) is 146 cm³/mol. The Labute approximate surface area is 231 Å². The number of ether oxygens (including phenoxy) is 2. The number of halogens is 1. The second-order valence-corrected chi connectivity index (χ2v) is 11.4. The Hall–Kier alpha value is -4.35. The summed E-state index contributed by atoms with van der Waals surface area (Å²) in [6.07, 6.45) is 1.30. The lowest BCUT2D eigenvalue weighted by Crippen LogP contribution is -2.31. The molecule has 0 saturated heterocycles. The number of nitrogens with one attached hydrogen (secondary N) is 1. The van der Waals surface area contributed by atoms with Crippen molar-refractivity contribution in [3.63, 3.8) is 0 Å². The minimum Gasteiger partial charge on any atom is -0.490 e. The number of aryl methyl sites for hydroxylation is 2. The van der Waals surface area contributed by atoms with Gasteiger partial charge in [-0.3, -0.25) is 4.79 Å². The second kappa shape index (κ2) is 11.4. The molecule has 40 heavy (non-hydrogen) atoms. The van der Waals surface area contributed by atoms with Crippen molar-refractivity contribution < 1.29 is 32.2 Å². The molecule has 0 unspecified atom stereocenters. The third kappa shape index (κ3) is 6.99. The van der Waals surface area contributed by atoms with Gasteiger partial charge in [-0.25, -0.2) is 19.1 Å². The number of pyridine rings is 2. The molecule has 0 aliphatic rings. The predicted octanol–water partition coefficient (Wildman–Crippen LogP) is 4.96. The fourth-order valence-electron chi connectivity index (χ4n) is 3.70. The summed E-state index contributed by atoms with van der Waals surface area (Å²) in [7, 11) is -4.29. The van der Waals surface area contributed by atoms with Crippen LogP contribution in [0, 0.1) is 19.7 Å². The zero-order valence-corrected chi connectivity index (χ0v) is 23.1. The number of amides is 1. The van der Waals surface area contributed by atoms with E-state index >= 15 is 0 Å². The van der Waals surface area contributed by atoms with Gasteiger partial charge in [0.05, 0.1) is 11.3 Å². The molecule has 2 N–H and O–H groups in total. The molecular weight excluding hydrogens is 537 g/mol. The maximum absolute atomic E-state index is 14.5. The monoisotopic (exact) mass is 565 g/mol. The Morgan fingerprint density at radius 2 is 1.75 bits per heavy atom. The first-order valence-electron chi connectivity index (χ1n) is 12.2. The first-order chi connectivity index (χ1) is 18.8. The number of sulfonamides is 1. The maximum Gasteiger partial charge on any atom is 0.281 e. The van der Waals surface area contributed by atoms with Crippen LogP contribution in [0.5, 0.6) is 17.4 Å². The standard InChI is InChI=1S/C29H28FN3O6S/c1-18-8-7-9-19(2)26(18)39-28-23(27(34)33-40(36,37)25-10-5-6-13-31-25)11-12-24(32-28)20-14-21(30)16-22(15-20)38-17-29(3,4)35/h5-16,35H,17H2,1-4H3,(H,33,34). The average molecular weight is 566 g/mol. The summed E-state index contributed by atoms with van der Waals surface area (Å²) in [5.74, 6) is -1.18. The molecule has 0 aliphatic heterocycles. The number of aliphatic hydroxyl groups is 1. The molecule has 9 nitrogen and oxygen atoms in total. The summed E-state index contributed by atoms with van der Waals surface area (Å²) < 4.78 is 53.7. The van der Waals surface area contributed by atoms with Crippen LogP contribution in [0.25, 0.3) is 11.3 Å². The largest absolute Gasteiger partial charge is 0.490 e. The number of carbonyl (C=O) groups is 1. The van der Waals surface area contributed by atoms with Crippen LogP contribution in [0.4, 0.5) is 4.39 Å². The summed E-state index contributed by atoms with van der Waals surface area (Å²) in [5, 5.41) is 9.63. The van der Waals surface area contributed by atoms with Crippen molar-refractivity contribution in [2.24, 2.45) is 0 Å². The summed E-state index contributed by atoms with van der Waals surface area (Å²) in [6, 6.07) is 16.5. The van der Waals surface area contributed by atoms with E-state index in [-0.39, 0.29) is 34.5 Å². The molecule has 2 aromatic heterocycles. The minimum atomic E-state index is -4.29. The van der Waals surface area contributed by atoms with E-state index in [2.05, 4.69) is 9.97 Å². The molecule has 0 bridgehead atoms. The number of aromatic nitrogens is 2. The fraction of sp³-hybridized carbons (Fsp3) is 0.207. The zero-order valence-electron chi connectivity index (χ0n) is 22.3. The van der Waals surface area contributed by atoms with E-state index < -0.39 is 27.3 Å². The van der Waals surface area contributed by atoms with Crippen LogP contribution < -0.4 is 14.2 Å². The molecule has 0 radical (unpaired) electrons. The van der Waals surface area contributed by atoms with E-state index in [0.717, 1.165) is 11.1 Å². The van der Waals surface area contributed by atoms with E-state index in [1.807, 2.05) is 36.8 Å². The van der Waals surface area contributed by atoms with E-state index in [0.29, 0.717) is 11.3 Å². The summed E-state index contributed by atoms with van der Waals surface area (Å²) in [4.78, 5) is 21.5. The SMILES string of the molecule is Cc1cccc(C)c1Oc1nc(-c2cc(F)cc(OCC(C)(C)O)c2)ccc1C(=O)NS(=O)(=O)c1ccccn1. The smallest absolute Gasteiger partial charge is 0.281 e. The van der Waals surface area contributed by atoms with Crippen molar-refractivity contribution >= 4 is 15.9 Å². The lowest BCUT2D eigenvalue weighted by atomic mass is 10.1. The van der Waals surface area contributed by atoms with Gasteiger partial charge in [-0.2, -0.15) is 8.42 Å². The van der Waals surface area contributed by atoms with Crippen LogP contribution in [0.3, 0.4) is 0 Å². The highest BCUT2D eigenvalue weighted by Gasteiger charge is 2.24. The van der Waals surface area contributed by atoms with Crippen molar-refractivity contribution in [2.75, 3.05) is 6.61 Å². The molecule has 2 aromatic carbocycles. The van der Waals surface area contributed by atoms with Crippen LogP contribution in [0.1, 0.15) is 35.3 Å². The molecule has 0 aliphatic carbocycles. The average Bonchev–Trinajstić information content (AvgIpc) is 2.89. The molecule has 208 valence electrons. The van der Waals surface area contributed by atoms with E-state index in [1.165, 1.54) is 48.7 Å². The van der Waals surface area contributed by atoms with Gasteiger partial charge < -0.3 is 14.6 Å². The highest BCUT2D eigenvalue weighted by Crippen LogP contribution is 2.33. The van der Waals surface area contributed by atoms with Gasteiger partial charge in [-0.1, -0.05) is 24.3 Å². The Bertz CT molecular complexity index is 1630. The molecule has 4 aromatic rings. The Morgan fingerprint density at radius 1 is 1.02 bits per heavy atom. The first-order valence-corrected chi connectivity index (χ1v) is 13.7. The van der Waals surface area contributed by atoms with Crippen molar-refractivity contribution in [1.82, 2.24) is 14.7 Å². The number of carbonyl (C=O) groups excluding carboxylic acids is 1. The third-order valence-corrected chi connectivity index (χ3v) is 6.86. The topological polar surface area (TPSA) is 128 Å². The molecule has 0 fully saturated rings. The summed E-state index contributed by atoms with van der Waals surface area (Å²) in [6.45, 7) is 6.67. The van der Waals surface area contributed by atoms with Crippen LogP contribution in [0.2, 0.25) is 0 Å². The summed E-state index contributed by atoms with van der Waals surface area (Å²) >= 11 is 0. The van der Waals surface area contributed by atoms with Gasteiger partial charge >= 0.3 is 0 Å². The maximum atomic E-state index is 14.5. The lowest BCUT2D eigenvalue weighted by molar-refractivity contribution is 0.0284. The van der Waals surface area contributed by atoms with Crippen molar-refractivity contribution in [2.45, 2.75) is 38.3 Å². The van der Waals surface area contributed by atoms with Crippen molar-refractivity contribution in [3.05, 3.63) is 95.4 Å². The number of hydrogen-bond acceptors (Lipinski definition) is 8. The number of para-hydroxylation sites is 1. The molecule has 2 heterocycles. The fourth-order valence-corrected chi connectivity index (χ4v) is 4.61. The number of hydrogen-bond donors (Lipinski definition) is 2. The van der Waals surface area contributed by atoms with Crippen LogP contribution in [-0.2, 0) is 10.0 Å². The quantitative estimate of drug-likeness (QED) is 0.292. The Morgan fingerprint density at radius 3 is 2.40 bits per heavy atom. The highest BCUT2D eigenvalue weighted by molar-refractivity contribution is 7.90. The van der Waals surface area contributed by atoms with Gasteiger partial charge in [0.2, 0.25) is 5.88 Å². The van der Waals surface area contributed by atoms with E-state index in [4.69, 9.17) is 9.47 Å². The van der Waals surface area contributed by atoms with Crippen molar-refractivity contribution in [3.8, 4) is 28.6 Å². The van der Waals surface area contributed by atoms with E-state index in [1.54, 1.807) is 19.9 Å². The molecule has 4 rings (SSSR count). The number of nitrogens with zero attached hydrogens (tertiary/aromatic N) is 2. The van der Waals surface area contributed by atoms with Gasteiger partial charge in [0.25, 0.3) is 15.9 Å². The molecule has 0 saturated carbocycles. The zero-order chi connectivity index (χ0) is 29.1. The molecular formula is C29H28FN3O6S.